The highest BCUT2D eigenvalue weighted by molar-refractivity contribution is 5.89. The van der Waals surface area contributed by atoms with Gasteiger partial charge in [0.2, 0.25) is 5.69 Å². The molecule has 92 valence electrons. The number of carboxylic acid groups (broad SMARTS) is 1. The molecule has 2 aromatic rings. The van der Waals surface area contributed by atoms with E-state index in [2.05, 4.69) is 15.1 Å². The normalized spacial score (nSPS) is 10.3. The third kappa shape index (κ3) is 2.00. The number of aromatic nitrogens is 4. The maximum atomic E-state index is 10.8. The van der Waals surface area contributed by atoms with Gasteiger partial charge in [-0.3, -0.25) is 10.1 Å². The summed E-state index contributed by atoms with van der Waals surface area (Å²) in [6.07, 6.45) is 3.96. The molecule has 0 fully saturated rings. The van der Waals surface area contributed by atoms with Crippen molar-refractivity contribution in [1.82, 2.24) is 19.7 Å². The molecule has 0 atom stereocenters. The minimum Gasteiger partial charge on any atom is -0.476 e. The van der Waals surface area contributed by atoms with Crippen LogP contribution in [0.2, 0.25) is 0 Å². The predicted octanol–water partition coefficient (Wildman–Crippen LogP) is 0.577. The molecule has 0 aromatic carbocycles. The molecule has 1 N–H and O–H groups in total. The highest BCUT2D eigenvalue weighted by atomic mass is 16.6. The van der Waals surface area contributed by atoms with E-state index in [0.717, 1.165) is 16.4 Å². The summed E-state index contributed by atoms with van der Waals surface area (Å²) in [4.78, 5) is 28.4. The van der Waals surface area contributed by atoms with E-state index in [1.807, 2.05) is 0 Å². The lowest BCUT2D eigenvalue weighted by Crippen LogP contribution is -2.05. The van der Waals surface area contributed by atoms with Crippen LogP contribution in [-0.4, -0.2) is 35.7 Å². The Labute approximate surface area is 99.9 Å². The van der Waals surface area contributed by atoms with Crippen molar-refractivity contribution in [2.24, 2.45) is 0 Å². The van der Waals surface area contributed by atoms with Crippen molar-refractivity contribution in [3.63, 3.8) is 0 Å². The maximum absolute atomic E-state index is 10.8. The van der Waals surface area contributed by atoms with Gasteiger partial charge in [0.05, 0.1) is 4.92 Å². The number of carbonyl (C=O) groups is 1. The van der Waals surface area contributed by atoms with Crippen LogP contribution in [0.15, 0.2) is 18.6 Å². The topological polar surface area (TPSA) is 124 Å². The summed E-state index contributed by atoms with van der Waals surface area (Å²) >= 11 is 0. The van der Waals surface area contributed by atoms with Gasteiger partial charge < -0.3 is 5.11 Å². The van der Waals surface area contributed by atoms with Crippen LogP contribution < -0.4 is 0 Å². The average Bonchev–Trinajstić information content (AvgIpc) is 2.75. The number of hydrogen-bond acceptors (Lipinski definition) is 6. The van der Waals surface area contributed by atoms with Gasteiger partial charge in [-0.1, -0.05) is 0 Å². The zero-order valence-corrected chi connectivity index (χ0v) is 9.14. The molecule has 9 heteroatoms. The standard InChI is InChI=1S/C9H7N5O4/c1-5-2-10-9(11-3-5)13-4-6(14(17)18)7(12-13)8(15)16/h2-4H,1H3,(H,15,16). The van der Waals surface area contributed by atoms with E-state index in [0.29, 0.717) is 0 Å². The second kappa shape index (κ2) is 4.20. The van der Waals surface area contributed by atoms with Gasteiger partial charge >= 0.3 is 11.7 Å². The Morgan fingerprint density at radius 3 is 2.50 bits per heavy atom. The van der Waals surface area contributed by atoms with Crippen molar-refractivity contribution in [2.45, 2.75) is 6.92 Å². The zero-order chi connectivity index (χ0) is 13.3. The van der Waals surface area contributed by atoms with Crippen molar-refractivity contribution in [2.75, 3.05) is 0 Å². The van der Waals surface area contributed by atoms with Gasteiger partial charge in [0.25, 0.3) is 5.95 Å². The molecule has 0 spiro atoms. The molecular formula is C9H7N5O4. The van der Waals surface area contributed by atoms with E-state index in [9.17, 15) is 14.9 Å². The Bertz CT molecular complexity index is 587. The number of nitrogens with zero attached hydrogens (tertiary/aromatic N) is 5. The molecule has 0 aliphatic heterocycles. The fourth-order valence-corrected chi connectivity index (χ4v) is 1.26. The Hall–Kier alpha value is -2.84. The van der Waals surface area contributed by atoms with Crippen molar-refractivity contribution in [1.29, 1.82) is 0 Å². The first-order valence-electron chi connectivity index (χ1n) is 4.75. The lowest BCUT2D eigenvalue weighted by atomic mass is 10.4. The van der Waals surface area contributed by atoms with Crippen molar-refractivity contribution in [3.05, 3.63) is 40.0 Å². The Kier molecular flexibility index (Phi) is 2.72. The van der Waals surface area contributed by atoms with Gasteiger partial charge in [0, 0.05) is 12.4 Å². The van der Waals surface area contributed by atoms with Crippen LogP contribution in [0.5, 0.6) is 0 Å². The molecule has 0 aliphatic rings. The van der Waals surface area contributed by atoms with E-state index in [1.165, 1.54) is 12.4 Å². The molecule has 18 heavy (non-hydrogen) atoms. The summed E-state index contributed by atoms with van der Waals surface area (Å²) in [6, 6.07) is 0. The Morgan fingerprint density at radius 1 is 1.44 bits per heavy atom. The number of aryl methyl sites for hydroxylation is 1. The SMILES string of the molecule is Cc1cnc(-n2cc([N+](=O)[O-])c(C(=O)O)n2)nc1. The monoisotopic (exact) mass is 249 g/mol. The first-order valence-corrected chi connectivity index (χ1v) is 4.75. The fraction of sp³-hybridized carbons (Fsp3) is 0.111. The molecule has 9 nitrogen and oxygen atoms in total. The van der Waals surface area contributed by atoms with Crippen LogP contribution in [-0.2, 0) is 0 Å². The van der Waals surface area contributed by atoms with Gasteiger partial charge in [-0.05, 0) is 12.5 Å². The van der Waals surface area contributed by atoms with Crippen LogP contribution in [0.1, 0.15) is 16.1 Å². The molecule has 0 saturated carbocycles. The van der Waals surface area contributed by atoms with Crippen LogP contribution in [0.4, 0.5) is 5.69 Å². The summed E-state index contributed by atoms with van der Waals surface area (Å²) < 4.78 is 0.959. The Balaban J connectivity index is 2.53. The smallest absolute Gasteiger partial charge is 0.363 e. The summed E-state index contributed by atoms with van der Waals surface area (Å²) in [5.41, 5.74) is -0.449. The molecule has 2 heterocycles. The number of hydrogen-bond donors (Lipinski definition) is 1. The van der Waals surface area contributed by atoms with E-state index < -0.39 is 22.3 Å². The summed E-state index contributed by atoms with van der Waals surface area (Å²) in [5.74, 6) is -1.41. The maximum Gasteiger partial charge on any atom is 0.363 e. The fourth-order valence-electron chi connectivity index (χ4n) is 1.26. The molecule has 2 aromatic heterocycles. The molecule has 0 amide bonds. The van der Waals surface area contributed by atoms with Crippen LogP contribution in [0.3, 0.4) is 0 Å². The molecule has 2 rings (SSSR count). The van der Waals surface area contributed by atoms with Crippen molar-refractivity contribution >= 4 is 11.7 Å². The average molecular weight is 249 g/mol. The first kappa shape index (κ1) is 11.6. The minimum absolute atomic E-state index is 0.0659. The first-order chi connectivity index (χ1) is 8.49. The lowest BCUT2D eigenvalue weighted by Gasteiger charge is -1.97. The molecule has 0 unspecified atom stereocenters. The third-order valence-electron chi connectivity index (χ3n) is 2.07. The van der Waals surface area contributed by atoms with Gasteiger partial charge in [-0.2, -0.15) is 9.78 Å². The number of rotatable bonds is 3. The van der Waals surface area contributed by atoms with Gasteiger partial charge in [-0.15, -0.1) is 0 Å². The minimum atomic E-state index is -1.48. The van der Waals surface area contributed by atoms with Crippen LogP contribution in [0, 0.1) is 17.0 Å². The molecule has 0 aliphatic carbocycles. The van der Waals surface area contributed by atoms with Gasteiger partial charge in [0.1, 0.15) is 6.20 Å². The highest BCUT2D eigenvalue weighted by Crippen LogP contribution is 2.18. The van der Waals surface area contributed by atoms with E-state index >= 15 is 0 Å². The van der Waals surface area contributed by atoms with Crippen molar-refractivity contribution < 1.29 is 14.8 Å². The molecule has 0 radical (unpaired) electrons. The van der Waals surface area contributed by atoms with Crippen molar-refractivity contribution in [3.8, 4) is 5.95 Å². The van der Waals surface area contributed by atoms with E-state index in [1.54, 1.807) is 6.92 Å². The van der Waals surface area contributed by atoms with Gasteiger partial charge in [0.15, 0.2) is 0 Å². The van der Waals surface area contributed by atoms with Gasteiger partial charge in [-0.25, -0.2) is 14.8 Å². The number of nitro groups is 1. The highest BCUT2D eigenvalue weighted by Gasteiger charge is 2.26. The largest absolute Gasteiger partial charge is 0.476 e. The second-order valence-corrected chi connectivity index (χ2v) is 3.43. The van der Waals surface area contributed by atoms with E-state index in [-0.39, 0.29) is 5.95 Å². The predicted molar refractivity (Wildman–Crippen MR) is 57.5 cm³/mol. The summed E-state index contributed by atoms with van der Waals surface area (Å²) in [6.45, 7) is 1.78. The van der Waals surface area contributed by atoms with Crippen LogP contribution in [0.25, 0.3) is 5.95 Å². The number of carboxylic acids is 1. The summed E-state index contributed by atoms with van der Waals surface area (Å²) in [7, 11) is 0. The number of aromatic carboxylic acids is 1. The van der Waals surface area contributed by atoms with E-state index in [4.69, 9.17) is 5.11 Å². The Morgan fingerprint density at radius 2 is 2.06 bits per heavy atom. The lowest BCUT2D eigenvalue weighted by molar-refractivity contribution is -0.385. The molecule has 0 saturated heterocycles. The second-order valence-electron chi connectivity index (χ2n) is 3.43. The van der Waals surface area contributed by atoms with Crippen LogP contribution >= 0.6 is 0 Å². The molecule has 0 bridgehead atoms. The third-order valence-corrected chi connectivity index (χ3v) is 2.07. The molecular weight excluding hydrogens is 242 g/mol. The zero-order valence-electron chi connectivity index (χ0n) is 9.14. The summed E-state index contributed by atoms with van der Waals surface area (Å²) in [5, 5.41) is 23.1. The quantitative estimate of drug-likeness (QED) is 0.622.